The number of hydrogen-bond acceptors (Lipinski definition) is 2. The number of rotatable bonds is 10. The van der Waals surface area contributed by atoms with E-state index in [1.807, 2.05) is 7.11 Å². The fourth-order valence-corrected chi connectivity index (χ4v) is 2.80. The Hall–Kier alpha value is -0.860. The van der Waals surface area contributed by atoms with Crippen LogP contribution in [0.3, 0.4) is 0 Å². The molecule has 1 rings (SSSR count). The molecule has 2 atom stereocenters. The summed E-state index contributed by atoms with van der Waals surface area (Å²) in [6.45, 7) is 7.84. The molecule has 1 N–H and O–H groups in total. The average molecular weight is 277 g/mol. The van der Waals surface area contributed by atoms with Gasteiger partial charge in [-0.3, -0.25) is 0 Å². The molecule has 2 unspecified atom stereocenters. The number of ether oxygens (including phenoxy) is 1. The summed E-state index contributed by atoms with van der Waals surface area (Å²) in [6.07, 6.45) is 4.96. The molecule has 0 radical (unpaired) electrons. The highest BCUT2D eigenvalue weighted by Crippen LogP contribution is 2.27. The van der Waals surface area contributed by atoms with Gasteiger partial charge in [-0.25, -0.2) is 0 Å². The van der Waals surface area contributed by atoms with Crippen LogP contribution >= 0.6 is 0 Å². The minimum Gasteiger partial charge on any atom is -0.375 e. The first-order valence-electron chi connectivity index (χ1n) is 8.07. The molecule has 2 heteroatoms. The molecule has 0 fully saturated rings. The lowest BCUT2D eigenvalue weighted by Gasteiger charge is -2.30. The Morgan fingerprint density at radius 2 is 1.70 bits per heavy atom. The summed E-state index contributed by atoms with van der Waals surface area (Å²) in [4.78, 5) is 0. The molecule has 0 spiro atoms. The van der Waals surface area contributed by atoms with E-state index in [0.29, 0.717) is 6.04 Å². The van der Waals surface area contributed by atoms with Crippen LogP contribution in [0.2, 0.25) is 0 Å². The third-order valence-electron chi connectivity index (χ3n) is 4.15. The fourth-order valence-electron chi connectivity index (χ4n) is 2.80. The van der Waals surface area contributed by atoms with Crippen molar-refractivity contribution in [3.63, 3.8) is 0 Å². The van der Waals surface area contributed by atoms with Crippen LogP contribution in [0.4, 0.5) is 0 Å². The highest BCUT2D eigenvalue weighted by atomic mass is 16.5. The second kappa shape index (κ2) is 9.95. The summed E-state index contributed by atoms with van der Waals surface area (Å²) in [5.74, 6) is 0.769. The van der Waals surface area contributed by atoms with E-state index in [0.717, 1.165) is 18.9 Å². The van der Waals surface area contributed by atoms with Crippen molar-refractivity contribution in [2.75, 3.05) is 13.7 Å². The third-order valence-corrected chi connectivity index (χ3v) is 4.15. The topological polar surface area (TPSA) is 21.3 Å². The minimum absolute atomic E-state index is 0.142. The Morgan fingerprint density at radius 3 is 2.20 bits per heavy atom. The Balaban J connectivity index is 2.82. The van der Waals surface area contributed by atoms with Crippen LogP contribution in [0.1, 0.15) is 58.1 Å². The summed E-state index contributed by atoms with van der Waals surface area (Å²) >= 11 is 0. The molecule has 1 aromatic rings. The maximum absolute atomic E-state index is 5.82. The molecule has 0 aliphatic heterocycles. The van der Waals surface area contributed by atoms with Crippen molar-refractivity contribution in [1.82, 2.24) is 5.32 Å². The summed E-state index contributed by atoms with van der Waals surface area (Å²) in [5, 5.41) is 3.69. The first-order chi connectivity index (χ1) is 9.76. The smallest absolute Gasteiger partial charge is 0.0974 e. The molecular weight excluding hydrogens is 246 g/mol. The van der Waals surface area contributed by atoms with E-state index in [-0.39, 0.29) is 6.10 Å². The number of benzene rings is 1. The standard InChI is InChI=1S/C18H31NO/c1-5-13-19-17(14-15(6-2)7-3)18(20-4)16-11-9-8-10-12-16/h8-12,15,17-19H,5-7,13-14H2,1-4H3. The summed E-state index contributed by atoms with van der Waals surface area (Å²) in [6, 6.07) is 11.0. The second-order valence-electron chi connectivity index (χ2n) is 5.55. The van der Waals surface area contributed by atoms with Crippen molar-refractivity contribution in [3.05, 3.63) is 35.9 Å². The summed E-state index contributed by atoms with van der Waals surface area (Å²) in [7, 11) is 1.82. The van der Waals surface area contributed by atoms with Gasteiger partial charge in [0, 0.05) is 13.2 Å². The van der Waals surface area contributed by atoms with E-state index >= 15 is 0 Å². The zero-order valence-corrected chi connectivity index (χ0v) is 13.6. The lowest BCUT2D eigenvalue weighted by Crippen LogP contribution is -2.38. The van der Waals surface area contributed by atoms with Gasteiger partial charge in [-0.05, 0) is 30.9 Å². The van der Waals surface area contributed by atoms with E-state index in [1.54, 1.807) is 0 Å². The van der Waals surface area contributed by atoms with Gasteiger partial charge < -0.3 is 10.1 Å². The summed E-state index contributed by atoms with van der Waals surface area (Å²) < 4.78 is 5.82. The van der Waals surface area contributed by atoms with E-state index in [4.69, 9.17) is 4.74 Å². The lowest BCUT2D eigenvalue weighted by molar-refractivity contribution is 0.0583. The fraction of sp³-hybridized carbons (Fsp3) is 0.667. The van der Waals surface area contributed by atoms with Gasteiger partial charge in [-0.2, -0.15) is 0 Å². The quantitative estimate of drug-likeness (QED) is 0.676. The van der Waals surface area contributed by atoms with E-state index < -0.39 is 0 Å². The third kappa shape index (κ3) is 5.26. The number of hydrogen-bond donors (Lipinski definition) is 1. The van der Waals surface area contributed by atoms with E-state index in [9.17, 15) is 0 Å². The predicted octanol–water partition coefficient (Wildman–Crippen LogP) is 4.57. The second-order valence-corrected chi connectivity index (χ2v) is 5.55. The zero-order chi connectivity index (χ0) is 14.8. The monoisotopic (exact) mass is 277 g/mol. The highest BCUT2D eigenvalue weighted by molar-refractivity contribution is 5.19. The maximum Gasteiger partial charge on any atom is 0.0974 e. The van der Waals surface area contributed by atoms with E-state index in [1.165, 1.54) is 24.8 Å². The van der Waals surface area contributed by atoms with Gasteiger partial charge in [-0.1, -0.05) is 63.9 Å². The van der Waals surface area contributed by atoms with E-state index in [2.05, 4.69) is 56.4 Å². The van der Waals surface area contributed by atoms with Crippen molar-refractivity contribution >= 4 is 0 Å². The lowest BCUT2D eigenvalue weighted by atomic mass is 9.89. The van der Waals surface area contributed by atoms with Crippen LogP contribution < -0.4 is 5.32 Å². The van der Waals surface area contributed by atoms with Crippen LogP contribution in [-0.2, 0) is 4.74 Å². The molecule has 20 heavy (non-hydrogen) atoms. The minimum atomic E-state index is 0.142. The maximum atomic E-state index is 5.82. The van der Waals surface area contributed by atoms with Gasteiger partial charge in [0.1, 0.15) is 0 Å². The van der Waals surface area contributed by atoms with Gasteiger partial charge in [0.2, 0.25) is 0 Å². The molecule has 0 aromatic heterocycles. The Kier molecular flexibility index (Phi) is 8.56. The molecule has 0 aliphatic carbocycles. The molecular formula is C18H31NO. The normalized spacial score (nSPS) is 14.4. The molecule has 2 nitrogen and oxygen atoms in total. The first kappa shape index (κ1) is 17.2. The summed E-state index contributed by atoms with van der Waals surface area (Å²) in [5.41, 5.74) is 1.27. The van der Waals surface area contributed by atoms with Crippen LogP contribution in [-0.4, -0.2) is 19.7 Å². The SMILES string of the molecule is CCCNC(CC(CC)CC)C(OC)c1ccccc1. The molecule has 0 saturated carbocycles. The van der Waals surface area contributed by atoms with Crippen LogP contribution in [0, 0.1) is 5.92 Å². The Bertz CT molecular complexity index is 335. The molecule has 1 aromatic carbocycles. The van der Waals surface area contributed by atoms with Crippen LogP contribution in [0.25, 0.3) is 0 Å². The van der Waals surface area contributed by atoms with Crippen molar-refractivity contribution in [2.45, 2.75) is 58.6 Å². The Labute approximate surface area is 124 Å². The van der Waals surface area contributed by atoms with Crippen molar-refractivity contribution in [1.29, 1.82) is 0 Å². The van der Waals surface area contributed by atoms with Gasteiger partial charge in [-0.15, -0.1) is 0 Å². The molecule has 114 valence electrons. The van der Waals surface area contributed by atoms with Crippen LogP contribution in [0.15, 0.2) is 30.3 Å². The molecule has 0 aliphatic rings. The number of nitrogens with one attached hydrogen (secondary N) is 1. The van der Waals surface area contributed by atoms with Crippen LogP contribution in [0.5, 0.6) is 0 Å². The van der Waals surface area contributed by atoms with Crippen molar-refractivity contribution in [3.8, 4) is 0 Å². The van der Waals surface area contributed by atoms with Gasteiger partial charge in [0.05, 0.1) is 6.10 Å². The molecule has 0 bridgehead atoms. The zero-order valence-electron chi connectivity index (χ0n) is 13.6. The highest BCUT2D eigenvalue weighted by Gasteiger charge is 2.24. The predicted molar refractivity (Wildman–Crippen MR) is 87.0 cm³/mol. The number of methoxy groups -OCH3 is 1. The average Bonchev–Trinajstić information content (AvgIpc) is 2.51. The Morgan fingerprint density at radius 1 is 1.05 bits per heavy atom. The van der Waals surface area contributed by atoms with Crippen molar-refractivity contribution < 1.29 is 4.74 Å². The van der Waals surface area contributed by atoms with Crippen molar-refractivity contribution in [2.24, 2.45) is 5.92 Å². The van der Waals surface area contributed by atoms with Gasteiger partial charge >= 0.3 is 0 Å². The van der Waals surface area contributed by atoms with Gasteiger partial charge in [0.15, 0.2) is 0 Å². The largest absolute Gasteiger partial charge is 0.375 e. The molecule has 0 heterocycles. The first-order valence-corrected chi connectivity index (χ1v) is 8.07. The molecule has 0 amide bonds. The molecule has 0 saturated heterocycles. The van der Waals surface area contributed by atoms with Gasteiger partial charge in [0.25, 0.3) is 0 Å².